The summed E-state index contributed by atoms with van der Waals surface area (Å²) in [5.74, 6) is 0.322. The number of benzene rings is 1. The molecule has 4 rings (SSSR count). The Bertz CT molecular complexity index is 807. The summed E-state index contributed by atoms with van der Waals surface area (Å²) in [6.45, 7) is 3.46. The molecule has 26 heavy (non-hydrogen) atoms. The van der Waals surface area contributed by atoms with Crippen molar-refractivity contribution in [1.82, 2.24) is 20.4 Å². The number of rotatable bonds is 4. The van der Waals surface area contributed by atoms with Crippen molar-refractivity contribution in [3.63, 3.8) is 0 Å². The van der Waals surface area contributed by atoms with Crippen molar-refractivity contribution in [2.24, 2.45) is 5.92 Å². The number of hydrogen-bond acceptors (Lipinski definition) is 3. The van der Waals surface area contributed by atoms with Crippen LogP contribution < -0.4 is 5.32 Å². The number of aromatic nitrogens is 2. The summed E-state index contributed by atoms with van der Waals surface area (Å²) >= 11 is 0. The highest BCUT2D eigenvalue weighted by atomic mass is 16.2. The second-order valence-electron chi connectivity index (χ2n) is 7.40. The number of hydrogen-bond donors (Lipinski definition) is 2. The third-order valence-electron chi connectivity index (χ3n) is 5.16. The maximum atomic E-state index is 12.5. The molecule has 2 aromatic rings. The van der Waals surface area contributed by atoms with Gasteiger partial charge < -0.3 is 10.2 Å². The number of nitrogens with zero attached hydrogens (tertiary/aromatic N) is 2. The number of carbonyl (C=O) groups excluding carboxylic acids is 2. The smallest absolute Gasteiger partial charge is 0.269 e. The second-order valence-corrected chi connectivity index (χ2v) is 7.40. The normalized spacial score (nSPS) is 20.0. The van der Waals surface area contributed by atoms with E-state index in [0.29, 0.717) is 12.2 Å². The Morgan fingerprint density at radius 3 is 2.69 bits per heavy atom. The maximum Gasteiger partial charge on any atom is 0.269 e. The summed E-state index contributed by atoms with van der Waals surface area (Å²) < 4.78 is 0. The Morgan fingerprint density at radius 1 is 1.19 bits per heavy atom. The molecule has 1 aromatic heterocycles. The van der Waals surface area contributed by atoms with Crippen molar-refractivity contribution in [2.45, 2.75) is 38.6 Å². The van der Waals surface area contributed by atoms with Gasteiger partial charge in [-0.05, 0) is 38.7 Å². The third kappa shape index (κ3) is 3.64. The number of aromatic amines is 1. The summed E-state index contributed by atoms with van der Waals surface area (Å²) in [7, 11) is 0. The fourth-order valence-corrected chi connectivity index (χ4v) is 3.46. The summed E-state index contributed by atoms with van der Waals surface area (Å²) in [5.41, 5.74) is 3.37. The number of amides is 2. The van der Waals surface area contributed by atoms with Gasteiger partial charge in [-0.15, -0.1) is 0 Å². The Morgan fingerprint density at radius 2 is 1.96 bits per heavy atom. The molecular weight excluding hydrogens is 328 g/mol. The number of nitrogens with one attached hydrogen (secondary N) is 2. The molecule has 1 saturated heterocycles. The Hall–Kier alpha value is -2.63. The molecule has 2 fully saturated rings. The van der Waals surface area contributed by atoms with Crippen LogP contribution in [0.1, 0.15) is 41.7 Å². The van der Waals surface area contributed by atoms with E-state index >= 15 is 0 Å². The van der Waals surface area contributed by atoms with Crippen LogP contribution in [0.3, 0.4) is 0 Å². The van der Waals surface area contributed by atoms with Crippen molar-refractivity contribution >= 4 is 11.8 Å². The first-order chi connectivity index (χ1) is 12.6. The molecule has 136 valence electrons. The van der Waals surface area contributed by atoms with Crippen LogP contribution in [0.5, 0.6) is 0 Å². The van der Waals surface area contributed by atoms with Crippen LogP contribution >= 0.6 is 0 Å². The minimum atomic E-state index is -0.165. The molecule has 1 aliphatic heterocycles. The number of H-pyrrole nitrogens is 1. The van der Waals surface area contributed by atoms with Gasteiger partial charge in [-0.1, -0.05) is 29.8 Å². The number of piperidine rings is 1. The molecular formula is C20H24N4O2. The van der Waals surface area contributed by atoms with Crippen LogP contribution in [-0.2, 0) is 4.79 Å². The van der Waals surface area contributed by atoms with Gasteiger partial charge in [0, 0.05) is 30.6 Å². The first-order valence-corrected chi connectivity index (χ1v) is 9.32. The van der Waals surface area contributed by atoms with Crippen molar-refractivity contribution in [3.05, 3.63) is 41.6 Å². The maximum absolute atomic E-state index is 12.5. The lowest BCUT2D eigenvalue weighted by Gasteiger charge is -2.33. The van der Waals surface area contributed by atoms with E-state index in [0.717, 1.165) is 43.5 Å². The second kappa shape index (κ2) is 6.94. The third-order valence-corrected chi connectivity index (χ3v) is 5.16. The first kappa shape index (κ1) is 16.8. The van der Waals surface area contributed by atoms with Gasteiger partial charge in [-0.25, -0.2) is 0 Å². The Kier molecular flexibility index (Phi) is 4.49. The molecule has 0 bridgehead atoms. The lowest BCUT2D eigenvalue weighted by atomic mass is 10.0. The van der Waals surface area contributed by atoms with Crippen molar-refractivity contribution < 1.29 is 9.59 Å². The highest BCUT2D eigenvalue weighted by molar-refractivity contribution is 5.93. The molecule has 0 radical (unpaired) electrons. The summed E-state index contributed by atoms with van der Waals surface area (Å²) in [4.78, 5) is 26.7. The summed E-state index contributed by atoms with van der Waals surface area (Å²) in [6, 6.07) is 9.82. The zero-order valence-corrected chi connectivity index (χ0v) is 15.0. The van der Waals surface area contributed by atoms with E-state index in [1.165, 1.54) is 5.56 Å². The predicted octanol–water partition coefficient (Wildman–Crippen LogP) is 2.52. The fraction of sp³-hybridized carbons (Fsp3) is 0.450. The topological polar surface area (TPSA) is 78.1 Å². The van der Waals surface area contributed by atoms with E-state index in [2.05, 4.69) is 15.5 Å². The van der Waals surface area contributed by atoms with Crippen LogP contribution in [0.2, 0.25) is 0 Å². The van der Waals surface area contributed by atoms with E-state index in [-0.39, 0.29) is 23.8 Å². The fourth-order valence-electron chi connectivity index (χ4n) is 3.46. The van der Waals surface area contributed by atoms with Crippen LogP contribution in [0, 0.1) is 12.8 Å². The largest absolute Gasteiger partial charge is 0.346 e. The van der Waals surface area contributed by atoms with E-state index in [1.54, 1.807) is 6.07 Å². The van der Waals surface area contributed by atoms with Gasteiger partial charge in [-0.3, -0.25) is 14.7 Å². The Labute approximate surface area is 153 Å². The highest BCUT2D eigenvalue weighted by Crippen LogP contribution is 2.32. The molecule has 1 atom stereocenters. The Balaban J connectivity index is 1.38. The minimum Gasteiger partial charge on any atom is -0.346 e. The molecule has 6 nitrogen and oxygen atoms in total. The van der Waals surface area contributed by atoms with E-state index in [9.17, 15) is 9.59 Å². The van der Waals surface area contributed by atoms with Crippen LogP contribution in [0.15, 0.2) is 30.3 Å². The van der Waals surface area contributed by atoms with Gasteiger partial charge in [0.15, 0.2) is 0 Å². The number of aryl methyl sites for hydroxylation is 1. The molecule has 2 heterocycles. The molecule has 1 aliphatic carbocycles. The molecule has 1 unspecified atom stereocenters. The average Bonchev–Trinajstić information content (AvgIpc) is 3.38. The van der Waals surface area contributed by atoms with Crippen molar-refractivity contribution in [3.8, 4) is 11.3 Å². The molecule has 2 aliphatic rings. The number of carbonyl (C=O) groups is 2. The molecule has 1 saturated carbocycles. The van der Waals surface area contributed by atoms with Crippen LogP contribution in [-0.4, -0.2) is 46.0 Å². The van der Waals surface area contributed by atoms with Gasteiger partial charge in [-0.2, -0.15) is 5.10 Å². The summed E-state index contributed by atoms with van der Waals surface area (Å²) in [6.07, 6.45) is 3.87. The van der Waals surface area contributed by atoms with Crippen molar-refractivity contribution in [2.75, 3.05) is 13.1 Å². The average molecular weight is 352 g/mol. The molecule has 2 amide bonds. The quantitative estimate of drug-likeness (QED) is 0.887. The lowest BCUT2D eigenvalue weighted by molar-refractivity contribution is -0.133. The first-order valence-electron chi connectivity index (χ1n) is 9.32. The van der Waals surface area contributed by atoms with Gasteiger partial charge in [0.25, 0.3) is 5.91 Å². The lowest BCUT2D eigenvalue weighted by Crippen LogP contribution is -2.50. The van der Waals surface area contributed by atoms with E-state index in [4.69, 9.17) is 0 Å². The van der Waals surface area contributed by atoms with Crippen LogP contribution in [0.25, 0.3) is 11.3 Å². The zero-order valence-electron chi connectivity index (χ0n) is 15.0. The SMILES string of the molecule is Cc1ccc(-c2cc(C(=O)NC3CCCN(C(=O)C4CC4)C3)[nH]n2)cc1. The molecule has 1 aromatic carbocycles. The van der Waals surface area contributed by atoms with Crippen molar-refractivity contribution in [1.29, 1.82) is 0 Å². The van der Waals surface area contributed by atoms with Gasteiger partial charge in [0.2, 0.25) is 5.91 Å². The van der Waals surface area contributed by atoms with E-state index in [1.807, 2.05) is 36.1 Å². The predicted molar refractivity (Wildman–Crippen MR) is 98.6 cm³/mol. The minimum absolute atomic E-state index is 0.00470. The molecule has 2 N–H and O–H groups in total. The standard InChI is InChI=1S/C20H24N4O2/c1-13-4-6-14(7-5-13)17-11-18(23-22-17)19(25)21-16-3-2-10-24(12-16)20(26)15-8-9-15/h4-7,11,15-16H,2-3,8-10,12H2,1H3,(H,21,25)(H,22,23). The number of likely N-dealkylation sites (tertiary alicyclic amines) is 1. The van der Waals surface area contributed by atoms with Gasteiger partial charge >= 0.3 is 0 Å². The molecule has 0 spiro atoms. The zero-order chi connectivity index (χ0) is 18.1. The van der Waals surface area contributed by atoms with Gasteiger partial charge in [0.1, 0.15) is 5.69 Å². The van der Waals surface area contributed by atoms with Gasteiger partial charge in [0.05, 0.1) is 5.69 Å². The monoisotopic (exact) mass is 352 g/mol. The molecule has 6 heteroatoms. The highest BCUT2D eigenvalue weighted by Gasteiger charge is 2.35. The van der Waals surface area contributed by atoms with E-state index < -0.39 is 0 Å². The summed E-state index contributed by atoms with van der Waals surface area (Å²) in [5, 5.41) is 10.1. The van der Waals surface area contributed by atoms with Crippen LogP contribution in [0.4, 0.5) is 0 Å².